The van der Waals surface area contributed by atoms with Crippen LogP contribution in [0.1, 0.15) is 72.6 Å². The largest absolute Gasteiger partial charge is 0.353 e. The Bertz CT molecular complexity index is 296. The van der Waals surface area contributed by atoms with Gasteiger partial charge in [0.05, 0.1) is 0 Å². The molecule has 0 saturated heterocycles. The van der Waals surface area contributed by atoms with Crippen molar-refractivity contribution < 1.29 is 4.79 Å². The van der Waals surface area contributed by atoms with Crippen LogP contribution in [0.25, 0.3) is 0 Å². The number of carbonyl (C=O) groups excluding carboxylic acids is 1. The van der Waals surface area contributed by atoms with E-state index in [1.807, 2.05) is 0 Å². The van der Waals surface area contributed by atoms with E-state index in [0.717, 1.165) is 19.3 Å². The van der Waals surface area contributed by atoms with Gasteiger partial charge in [0.15, 0.2) is 0 Å². The van der Waals surface area contributed by atoms with Crippen molar-refractivity contribution in [2.24, 2.45) is 23.0 Å². The number of nitrogens with two attached hydrogens (primary N) is 1. The molecular weight excluding hydrogens is 248 g/mol. The highest BCUT2D eigenvalue weighted by molar-refractivity contribution is 5.76. The molecule has 3 atom stereocenters. The van der Waals surface area contributed by atoms with Crippen LogP contribution in [0.4, 0.5) is 0 Å². The van der Waals surface area contributed by atoms with Gasteiger partial charge in [0.25, 0.3) is 0 Å². The molecule has 0 aromatic heterocycles. The third kappa shape index (κ3) is 5.82. The smallest absolute Gasteiger partial charge is 0.220 e. The van der Waals surface area contributed by atoms with Crippen LogP contribution in [0, 0.1) is 17.3 Å². The van der Waals surface area contributed by atoms with Gasteiger partial charge >= 0.3 is 0 Å². The SMILES string of the molecule is CC1CCCCC1NC(=O)CCC(CCN)C(C)(C)C. The van der Waals surface area contributed by atoms with Crippen LogP contribution < -0.4 is 11.1 Å². The predicted molar refractivity (Wildman–Crippen MR) is 85.4 cm³/mol. The molecule has 3 N–H and O–H groups in total. The molecule has 1 rings (SSSR count). The summed E-state index contributed by atoms with van der Waals surface area (Å²) < 4.78 is 0. The minimum Gasteiger partial charge on any atom is -0.353 e. The van der Waals surface area contributed by atoms with Crippen molar-refractivity contribution in [3.63, 3.8) is 0 Å². The first-order valence-electron chi connectivity index (χ1n) is 8.34. The fraction of sp³-hybridized carbons (Fsp3) is 0.941. The minimum atomic E-state index is 0.232. The van der Waals surface area contributed by atoms with Crippen molar-refractivity contribution in [1.29, 1.82) is 0 Å². The lowest BCUT2D eigenvalue weighted by molar-refractivity contribution is -0.122. The first-order chi connectivity index (χ1) is 9.34. The Kier molecular flexibility index (Phi) is 7.01. The number of hydrogen-bond donors (Lipinski definition) is 2. The van der Waals surface area contributed by atoms with Crippen LogP contribution in [0.15, 0.2) is 0 Å². The van der Waals surface area contributed by atoms with Crippen LogP contribution in [-0.4, -0.2) is 18.5 Å². The first-order valence-corrected chi connectivity index (χ1v) is 8.34. The summed E-state index contributed by atoms with van der Waals surface area (Å²) in [6.45, 7) is 9.71. The zero-order valence-electron chi connectivity index (χ0n) is 13.9. The van der Waals surface area contributed by atoms with Crippen molar-refractivity contribution in [3.8, 4) is 0 Å². The average Bonchev–Trinajstić information content (AvgIpc) is 2.36. The second-order valence-corrected chi connectivity index (χ2v) is 7.61. The molecule has 0 spiro atoms. The van der Waals surface area contributed by atoms with E-state index in [1.54, 1.807) is 0 Å². The minimum absolute atomic E-state index is 0.232. The molecule has 118 valence electrons. The molecule has 0 heterocycles. The van der Waals surface area contributed by atoms with Crippen LogP contribution in [0.5, 0.6) is 0 Å². The Morgan fingerprint density at radius 2 is 1.90 bits per heavy atom. The second kappa shape index (κ2) is 8.02. The van der Waals surface area contributed by atoms with E-state index in [2.05, 4.69) is 33.0 Å². The van der Waals surface area contributed by atoms with Gasteiger partial charge in [-0.05, 0) is 49.5 Å². The molecule has 1 aliphatic rings. The number of carbonyl (C=O) groups is 1. The zero-order chi connectivity index (χ0) is 15.2. The van der Waals surface area contributed by atoms with E-state index in [1.165, 1.54) is 19.3 Å². The molecule has 20 heavy (non-hydrogen) atoms. The maximum absolute atomic E-state index is 12.2. The third-order valence-corrected chi connectivity index (χ3v) is 4.92. The normalized spacial score (nSPS) is 25.2. The molecule has 3 unspecified atom stereocenters. The van der Waals surface area contributed by atoms with E-state index in [-0.39, 0.29) is 11.3 Å². The highest BCUT2D eigenvalue weighted by Crippen LogP contribution is 2.32. The average molecular weight is 282 g/mol. The third-order valence-electron chi connectivity index (χ3n) is 4.92. The Morgan fingerprint density at radius 1 is 1.25 bits per heavy atom. The molecule has 0 aliphatic heterocycles. The van der Waals surface area contributed by atoms with Crippen molar-refractivity contribution in [2.45, 2.75) is 78.7 Å². The van der Waals surface area contributed by atoms with Crippen LogP contribution >= 0.6 is 0 Å². The summed E-state index contributed by atoms with van der Waals surface area (Å²) in [5, 5.41) is 3.25. The molecule has 0 aromatic carbocycles. The maximum Gasteiger partial charge on any atom is 0.220 e. The molecule has 1 amide bonds. The van der Waals surface area contributed by atoms with Gasteiger partial charge in [-0.25, -0.2) is 0 Å². The van der Waals surface area contributed by atoms with Crippen LogP contribution in [-0.2, 0) is 4.79 Å². The van der Waals surface area contributed by atoms with E-state index in [9.17, 15) is 4.79 Å². The molecule has 3 heteroatoms. The topological polar surface area (TPSA) is 55.1 Å². The van der Waals surface area contributed by atoms with E-state index in [4.69, 9.17) is 5.73 Å². The number of hydrogen-bond acceptors (Lipinski definition) is 2. The Morgan fingerprint density at radius 3 is 2.45 bits per heavy atom. The molecule has 1 aliphatic carbocycles. The van der Waals surface area contributed by atoms with E-state index >= 15 is 0 Å². The highest BCUT2D eigenvalue weighted by Gasteiger charge is 2.26. The second-order valence-electron chi connectivity index (χ2n) is 7.61. The predicted octanol–water partition coefficient (Wildman–Crippen LogP) is 3.47. The first kappa shape index (κ1) is 17.5. The van der Waals surface area contributed by atoms with Gasteiger partial charge in [-0.3, -0.25) is 4.79 Å². The summed E-state index contributed by atoms with van der Waals surface area (Å²) in [5.74, 6) is 1.40. The summed E-state index contributed by atoms with van der Waals surface area (Å²) >= 11 is 0. The zero-order valence-corrected chi connectivity index (χ0v) is 13.9. The number of nitrogens with one attached hydrogen (secondary N) is 1. The molecule has 1 fully saturated rings. The Balaban J connectivity index is 2.37. The Hall–Kier alpha value is -0.570. The van der Waals surface area contributed by atoms with Gasteiger partial charge in [-0.2, -0.15) is 0 Å². The van der Waals surface area contributed by atoms with Gasteiger partial charge in [-0.1, -0.05) is 40.5 Å². The number of rotatable bonds is 6. The molecule has 0 radical (unpaired) electrons. The lowest BCUT2D eigenvalue weighted by atomic mass is 9.76. The van der Waals surface area contributed by atoms with Gasteiger partial charge in [0.2, 0.25) is 5.91 Å². The molecule has 0 bridgehead atoms. The van der Waals surface area contributed by atoms with Crippen molar-refractivity contribution in [1.82, 2.24) is 5.32 Å². The van der Waals surface area contributed by atoms with E-state index in [0.29, 0.717) is 30.8 Å². The summed E-state index contributed by atoms with van der Waals surface area (Å²) in [5.41, 5.74) is 5.93. The lowest BCUT2D eigenvalue weighted by Crippen LogP contribution is -2.41. The quantitative estimate of drug-likeness (QED) is 0.783. The summed E-state index contributed by atoms with van der Waals surface area (Å²) in [4.78, 5) is 12.2. The van der Waals surface area contributed by atoms with E-state index < -0.39 is 0 Å². The molecule has 0 aromatic rings. The fourth-order valence-electron chi connectivity index (χ4n) is 3.33. The van der Waals surface area contributed by atoms with Crippen molar-refractivity contribution in [3.05, 3.63) is 0 Å². The van der Waals surface area contributed by atoms with Crippen molar-refractivity contribution in [2.75, 3.05) is 6.54 Å². The molecule has 3 nitrogen and oxygen atoms in total. The summed E-state index contributed by atoms with van der Waals surface area (Å²) in [6, 6.07) is 0.402. The van der Waals surface area contributed by atoms with Crippen molar-refractivity contribution >= 4 is 5.91 Å². The highest BCUT2D eigenvalue weighted by atomic mass is 16.1. The standard InChI is InChI=1S/C17H34N2O/c1-13-7-5-6-8-15(13)19-16(20)10-9-14(11-12-18)17(2,3)4/h13-15H,5-12,18H2,1-4H3,(H,19,20). The van der Waals surface area contributed by atoms with Gasteiger partial charge < -0.3 is 11.1 Å². The number of amides is 1. The summed E-state index contributed by atoms with van der Waals surface area (Å²) in [7, 11) is 0. The summed E-state index contributed by atoms with van der Waals surface area (Å²) in [6.07, 6.45) is 7.58. The Labute approximate surface area is 125 Å². The van der Waals surface area contributed by atoms with Gasteiger partial charge in [0, 0.05) is 12.5 Å². The lowest BCUT2D eigenvalue weighted by Gasteiger charge is -2.32. The van der Waals surface area contributed by atoms with Crippen LogP contribution in [0.3, 0.4) is 0 Å². The van der Waals surface area contributed by atoms with Crippen LogP contribution in [0.2, 0.25) is 0 Å². The maximum atomic E-state index is 12.2. The van der Waals surface area contributed by atoms with Gasteiger partial charge in [-0.15, -0.1) is 0 Å². The molecule has 1 saturated carbocycles. The fourth-order valence-corrected chi connectivity index (χ4v) is 3.33. The monoisotopic (exact) mass is 282 g/mol. The van der Waals surface area contributed by atoms with Gasteiger partial charge in [0.1, 0.15) is 0 Å². The molecular formula is C17H34N2O.